The van der Waals surface area contributed by atoms with Gasteiger partial charge in [-0.25, -0.2) is 4.79 Å². The molecule has 7 aromatic rings. The second-order valence-electron chi connectivity index (χ2n) is 10.6. The average molecular weight is 531 g/mol. The highest BCUT2D eigenvalue weighted by Crippen LogP contribution is 2.56. The summed E-state index contributed by atoms with van der Waals surface area (Å²) in [5.41, 5.74) is 6.07. The first kappa shape index (κ1) is 22.3. The van der Waals surface area contributed by atoms with Gasteiger partial charge in [0.25, 0.3) is 0 Å². The quantitative estimate of drug-likeness (QED) is 0.212. The van der Waals surface area contributed by atoms with E-state index in [-0.39, 0.29) is 5.97 Å². The molecule has 0 aliphatic carbocycles. The number of para-hydroxylation sites is 2. The van der Waals surface area contributed by atoms with Gasteiger partial charge in [-0.05, 0) is 65.4 Å². The number of nitrogens with zero attached hydrogens (tertiary/aromatic N) is 2. The first-order valence-electron chi connectivity index (χ1n) is 13.6. The van der Waals surface area contributed by atoms with Crippen LogP contribution in [0.2, 0.25) is 0 Å². The van der Waals surface area contributed by atoms with Crippen molar-refractivity contribution in [2.24, 2.45) is 0 Å². The third-order valence-electron chi connectivity index (χ3n) is 8.44. The number of aromatic nitrogens is 2. The predicted molar refractivity (Wildman–Crippen MR) is 158 cm³/mol. The topological polar surface area (TPSA) is 45.4 Å². The van der Waals surface area contributed by atoms with E-state index in [9.17, 15) is 4.79 Å². The lowest BCUT2D eigenvalue weighted by Gasteiger charge is -2.37. The molecule has 0 N–H and O–H groups in total. The number of rotatable bonds is 2. The maximum absolute atomic E-state index is 13.3. The first-order valence-corrected chi connectivity index (χ1v) is 13.6. The van der Waals surface area contributed by atoms with Crippen molar-refractivity contribution in [1.82, 2.24) is 9.13 Å². The highest BCUT2D eigenvalue weighted by atomic mass is 16.6. The van der Waals surface area contributed by atoms with Gasteiger partial charge in [-0.15, -0.1) is 0 Å². The van der Waals surface area contributed by atoms with Crippen molar-refractivity contribution >= 4 is 27.8 Å². The fourth-order valence-corrected chi connectivity index (χ4v) is 6.57. The number of benzene rings is 5. The third-order valence-corrected chi connectivity index (χ3v) is 8.44. The molecule has 2 aliphatic rings. The van der Waals surface area contributed by atoms with E-state index < -0.39 is 5.60 Å². The van der Waals surface area contributed by atoms with Gasteiger partial charge in [0, 0.05) is 52.6 Å². The zero-order valence-electron chi connectivity index (χ0n) is 21.8. The molecular formula is C36H22N2O3. The fraction of sp³-hybridized carbons (Fsp3) is 0.0278. The Balaban J connectivity index is 1.28. The molecule has 5 aromatic carbocycles. The molecule has 0 amide bonds. The Morgan fingerprint density at radius 1 is 0.537 bits per heavy atom. The van der Waals surface area contributed by atoms with E-state index >= 15 is 0 Å². The van der Waals surface area contributed by atoms with Gasteiger partial charge in [0.15, 0.2) is 5.60 Å². The maximum Gasteiger partial charge on any atom is 0.340 e. The number of hydrogen-bond donors (Lipinski definition) is 0. The van der Waals surface area contributed by atoms with Crippen LogP contribution in [0.1, 0.15) is 27.0 Å². The van der Waals surface area contributed by atoms with Crippen LogP contribution in [0.25, 0.3) is 33.2 Å². The van der Waals surface area contributed by atoms with Gasteiger partial charge < -0.3 is 18.6 Å². The van der Waals surface area contributed by atoms with Crippen LogP contribution in [0.3, 0.4) is 0 Å². The van der Waals surface area contributed by atoms with Gasteiger partial charge in [0.2, 0.25) is 0 Å². The third kappa shape index (κ3) is 2.97. The molecule has 0 bridgehead atoms. The van der Waals surface area contributed by atoms with E-state index in [0.717, 1.165) is 49.9 Å². The normalized spacial score (nSPS) is 14.5. The second kappa shape index (κ2) is 7.99. The highest BCUT2D eigenvalue weighted by Gasteiger charge is 2.53. The molecule has 41 heavy (non-hydrogen) atoms. The lowest BCUT2D eigenvalue weighted by molar-refractivity contribution is 0.0224. The van der Waals surface area contributed by atoms with E-state index in [0.29, 0.717) is 17.1 Å². The summed E-state index contributed by atoms with van der Waals surface area (Å²) >= 11 is 0. The molecule has 2 aliphatic heterocycles. The van der Waals surface area contributed by atoms with Gasteiger partial charge in [-0.1, -0.05) is 54.6 Å². The fourth-order valence-electron chi connectivity index (χ4n) is 6.57. The molecule has 0 saturated heterocycles. The summed E-state index contributed by atoms with van der Waals surface area (Å²) < 4.78 is 17.4. The van der Waals surface area contributed by atoms with Crippen molar-refractivity contribution in [3.8, 4) is 22.9 Å². The number of ether oxygens (including phenoxy) is 2. The zero-order chi connectivity index (χ0) is 27.1. The Kier molecular flexibility index (Phi) is 4.34. The van der Waals surface area contributed by atoms with Crippen LogP contribution < -0.4 is 4.74 Å². The van der Waals surface area contributed by atoms with Crippen molar-refractivity contribution in [2.45, 2.75) is 5.60 Å². The molecule has 0 atom stereocenters. The van der Waals surface area contributed by atoms with Crippen LogP contribution in [-0.2, 0) is 10.3 Å². The Labute approximate surface area is 235 Å². The number of fused-ring (bicyclic) bond motifs is 8. The molecule has 5 nitrogen and oxygen atoms in total. The minimum absolute atomic E-state index is 0.333. The first-order chi connectivity index (χ1) is 20.2. The molecule has 0 saturated carbocycles. The largest absolute Gasteiger partial charge is 0.456 e. The van der Waals surface area contributed by atoms with E-state index in [2.05, 4.69) is 70.1 Å². The molecule has 9 rings (SSSR count). The molecule has 5 heteroatoms. The molecular weight excluding hydrogens is 508 g/mol. The summed E-state index contributed by atoms with van der Waals surface area (Å²) in [5.74, 6) is 0.985. The summed E-state index contributed by atoms with van der Waals surface area (Å²) in [6.45, 7) is 0. The number of carbonyl (C=O) groups is 1. The van der Waals surface area contributed by atoms with Crippen LogP contribution in [-0.4, -0.2) is 15.1 Å². The highest BCUT2D eigenvalue weighted by molar-refractivity contribution is 5.97. The second-order valence-corrected chi connectivity index (χ2v) is 10.6. The molecule has 0 unspecified atom stereocenters. The van der Waals surface area contributed by atoms with Crippen molar-refractivity contribution < 1.29 is 14.3 Å². The monoisotopic (exact) mass is 530 g/mol. The molecule has 1 spiro atoms. The number of hydrogen-bond acceptors (Lipinski definition) is 3. The average Bonchev–Trinajstić information content (AvgIpc) is 3.72. The summed E-state index contributed by atoms with van der Waals surface area (Å²) in [7, 11) is 0. The van der Waals surface area contributed by atoms with Gasteiger partial charge >= 0.3 is 5.97 Å². The summed E-state index contributed by atoms with van der Waals surface area (Å²) in [4.78, 5) is 13.3. The van der Waals surface area contributed by atoms with E-state index in [4.69, 9.17) is 9.47 Å². The lowest BCUT2D eigenvalue weighted by atomic mass is 9.77. The smallest absolute Gasteiger partial charge is 0.340 e. The van der Waals surface area contributed by atoms with Crippen LogP contribution in [0.5, 0.6) is 11.5 Å². The van der Waals surface area contributed by atoms with Crippen molar-refractivity contribution in [3.05, 3.63) is 156 Å². The lowest BCUT2D eigenvalue weighted by Crippen LogP contribution is -2.33. The Bertz CT molecular complexity index is 2080. The zero-order valence-corrected chi connectivity index (χ0v) is 21.8. The van der Waals surface area contributed by atoms with Crippen LogP contribution in [0.4, 0.5) is 0 Å². The maximum atomic E-state index is 13.3. The summed E-state index contributed by atoms with van der Waals surface area (Å²) in [6.07, 6.45) is 4.14. The number of carbonyl (C=O) groups excluding carboxylic acids is 1. The van der Waals surface area contributed by atoms with E-state index in [1.165, 1.54) is 0 Å². The van der Waals surface area contributed by atoms with Gasteiger partial charge in [0.05, 0.1) is 16.6 Å². The minimum atomic E-state index is -1.11. The molecule has 2 aromatic heterocycles. The minimum Gasteiger partial charge on any atom is -0.456 e. The summed E-state index contributed by atoms with van der Waals surface area (Å²) in [6, 6.07) is 40.7. The standard InChI is InChI=1S/C36H22N2O3/c39-35-27-9-3-4-10-28(27)36(41-35)29-15-13-25(37-19-17-23-7-1-5-11-31(23)37)21-33(29)40-34-22-26(14-16-30(34)36)38-20-18-24-8-2-6-12-32(24)38/h1-22H. The molecule has 4 heterocycles. The molecule has 0 radical (unpaired) electrons. The van der Waals surface area contributed by atoms with Gasteiger partial charge in [-0.2, -0.15) is 0 Å². The van der Waals surface area contributed by atoms with Crippen molar-refractivity contribution in [1.29, 1.82) is 0 Å². The van der Waals surface area contributed by atoms with Crippen LogP contribution in [0, 0.1) is 0 Å². The summed E-state index contributed by atoms with van der Waals surface area (Å²) in [5, 5.41) is 2.32. The molecule has 0 fully saturated rings. The van der Waals surface area contributed by atoms with Crippen molar-refractivity contribution in [3.63, 3.8) is 0 Å². The van der Waals surface area contributed by atoms with Crippen molar-refractivity contribution in [2.75, 3.05) is 0 Å². The van der Waals surface area contributed by atoms with Gasteiger partial charge in [-0.3, -0.25) is 0 Å². The van der Waals surface area contributed by atoms with Crippen LogP contribution in [0.15, 0.2) is 134 Å². The van der Waals surface area contributed by atoms with Crippen LogP contribution >= 0.6 is 0 Å². The van der Waals surface area contributed by atoms with E-state index in [1.807, 2.05) is 72.8 Å². The molecule has 194 valence electrons. The van der Waals surface area contributed by atoms with Gasteiger partial charge in [0.1, 0.15) is 11.5 Å². The SMILES string of the molecule is O=C1OC2(c3ccc(-n4ccc5ccccc54)cc3Oc3cc(-n4ccc5ccccc54)ccc32)c2ccccc21. The Morgan fingerprint density at radius 2 is 1.07 bits per heavy atom. The predicted octanol–water partition coefficient (Wildman–Crippen LogP) is 8.14. The Hall–Kier alpha value is -5.55. The number of esters is 1. The Morgan fingerprint density at radius 3 is 1.68 bits per heavy atom. The van der Waals surface area contributed by atoms with E-state index in [1.54, 1.807) is 0 Å².